The van der Waals surface area contributed by atoms with Crippen molar-refractivity contribution >= 4 is 38.4 Å². The van der Waals surface area contributed by atoms with Gasteiger partial charge in [-0.05, 0) is 61.3 Å². The zero-order chi connectivity index (χ0) is 38.3. The van der Waals surface area contributed by atoms with E-state index in [2.05, 4.69) is 20.6 Å². The number of nitrogens with zero attached hydrogens (tertiary/aromatic N) is 7. The molecule has 1 saturated carbocycles. The number of halogens is 2. The summed E-state index contributed by atoms with van der Waals surface area (Å²) in [5.74, 6) is 2.95. The number of phenols is 1. The number of aryl methyl sites for hydroxylation is 1. The molecule has 10 rings (SSSR count). The van der Waals surface area contributed by atoms with Gasteiger partial charge in [0.2, 0.25) is 0 Å². The second-order valence-corrected chi connectivity index (χ2v) is 16.9. The smallest absolute Gasteiger partial charge is 0.319 e. The van der Waals surface area contributed by atoms with Gasteiger partial charge in [-0.25, -0.2) is 8.78 Å². The van der Waals surface area contributed by atoms with E-state index in [-0.39, 0.29) is 51.5 Å². The van der Waals surface area contributed by atoms with Crippen LogP contribution >= 0.6 is 0 Å². The van der Waals surface area contributed by atoms with E-state index >= 15 is 8.78 Å². The first kappa shape index (κ1) is 35.8. The van der Waals surface area contributed by atoms with Crippen LogP contribution in [0.5, 0.6) is 11.8 Å². The standard InChI is InChI=1S/C43H47F2N7O4/c1-4-31-34(44)9-6-25-14-30(53)15-32(35(25)31)36-38(45)40-37(33-20-49(2)48-39(33)36)41(52-28-7-8-29(52)19-50(18-28)12-5-13-54-3)47-42(46-40)56-24-43(10-11-43)23-51-16-26-21-55-22-27(26)17-51/h1,6,9,14-15,20,26-29,53H,5,7-8,10-13,16-19,21-24H2,2-3H3. The molecular formula is C43H47F2N7O4. The van der Waals surface area contributed by atoms with Crippen molar-refractivity contribution in [2.45, 2.75) is 44.2 Å². The van der Waals surface area contributed by atoms with Gasteiger partial charge in [-0.15, -0.1) is 6.42 Å². The minimum atomic E-state index is -0.656. The number of methoxy groups -OCH3 is 1. The number of likely N-dealkylation sites (tertiary alicyclic amines) is 2. The Morgan fingerprint density at radius 1 is 1.00 bits per heavy atom. The molecule has 4 saturated heterocycles. The Hall–Kier alpha value is -4.61. The number of hydrogen-bond acceptors (Lipinski definition) is 10. The summed E-state index contributed by atoms with van der Waals surface area (Å²) in [6.07, 6.45) is 12.8. The molecule has 0 amide bonds. The Morgan fingerprint density at radius 2 is 1.77 bits per heavy atom. The zero-order valence-corrected chi connectivity index (χ0v) is 31.9. The van der Waals surface area contributed by atoms with Crippen LogP contribution in [-0.4, -0.2) is 120 Å². The highest BCUT2D eigenvalue weighted by molar-refractivity contribution is 6.18. The number of ether oxygens (including phenoxy) is 3. The van der Waals surface area contributed by atoms with Crippen LogP contribution in [0, 0.1) is 41.2 Å². The van der Waals surface area contributed by atoms with E-state index in [0.29, 0.717) is 57.9 Å². The molecule has 2 bridgehead atoms. The number of rotatable bonds is 11. The highest BCUT2D eigenvalue weighted by atomic mass is 19.1. The zero-order valence-electron chi connectivity index (χ0n) is 31.9. The fourth-order valence-corrected chi connectivity index (χ4v) is 10.3. The predicted molar refractivity (Wildman–Crippen MR) is 210 cm³/mol. The summed E-state index contributed by atoms with van der Waals surface area (Å²) in [5, 5.41) is 17.7. The lowest BCUT2D eigenvalue weighted by Gasteiger charge is -2.42. The SMILES string of the molecule is C#Cc1c(F)ccc2cc(O)cc(-c3c(F)c4nc(OCC5(CN6CC7COCC7C6)CC5)nc(N5C6CCC5CN(CCCOC)C6)c4c4cn(C)nc34)c12. The Kier molecular flexibility index (Phi) is 8.81. The first-order chi connectivity index (χ1) is 27.2. The predicted octanol–water partition coefficient (Wildman–Crippen LogP) is 5.73. The number of piperazine rings is 1. The summed E-state index contributed by atoms with van der Waals surface area (Å²) in [6.45, 7) is 8.56. The van der Waals surface area contributed by atoms with Gasteiger partial charge >= 0.3 is 6.01 Å². The molecule has 0 spiro atoms. The van der Waals surface area contributed by atoms with Crippen LogP contribution < -0.4 is 9.64 Å². The van der Waals surface area contributed by atoms with E-state index < -0.39 is 11.6 Å². The van der Waals surface area contributed by atoms with Crippen molar-refractivity contribution in [1.29, 1.82) is 0 Å². The van der Waals surface area contributed by atoms with E-state index in [1.807, 2.05) is 6.20 Å². The van der Waals surface area contributed by atoms with E-state index in [1.165, 1.54) is 24.3 Å². The van der Waals surface area contributed by atoms with E-state index in [4.69, 9.17) is 35.7 Å². The number of phenolic OH excluding ortho intramolecular Hbond substituents is 1. The number of terminal acetylenes is 1. The maximum Gasteiger partial charge on any atom is 0.319 e. The van der Waals surface area contributed by atoms with E-state index in [9.17, 15) is 5.11 Å². The molecule has 3 aromatic carbocycles. The monoisotopic (exact) mass is 763 g/mol. The third-order valence-electron chi connectivity index (χ3n) is 13.1. The van der Waals surface area contributed by atoms with Crippen molar-refractivity contribution in [2.75, 3.05) is 77.7 Å². The number of aromatic nitrogens is 4. The molecule has 5 aromatic rings. The summed E-state index contributed by atoms with van der Waals surface area (Å²) in [7, 11) is 3.52. The van der Waals surface area contributed by atoms with Gasteiger partial charge in [-0.2, -0.15) is 15.1 Å². The fraction of sp³-hybridized carbons (Fsp3) is 0.512. The highest BCUT2D eigenvalue weighted by Gasteiger charge is 2.48. The largest absolute Gasteiger partial charge is 0.508 e. The maximum atomic E-state index is 17.9. The highest BCUT2D eigenvalue weighted by Crippen LogP contribution is 2.49. The third-order valence-corrected chi connectivity index (χ3v) is 13.1. The Bertz CT molecular complexity index is 2380. The summed E-state index contributed by atoms with van der Waals surface area (Å²) < 4.78 is 52.4. The maximum absolute atomic E-state index is 17.9. The van der Waals surface area contributed by atoms with Crippen molar-refractivity contribution in [3.8, 4) is 35.2 Å². The summed E-state index contributed by atoms with van der Waals surface area (Å²) in [5.41, 5.74) is 0.740. The van der Waals surface area contributed by atoms with Crippen LogP contribution in [0.15, 0.2) is 30.5 Å². The Balaban J connectivity index is 1.11. The lowest BCUT2D eigenvalue weighted by molar-refractivity contribution is 0.131. The summed E-state index contributed by atoms with van der Waals surface area (Å²) in [6, 6.07) is 6.20. The second-order valence-electron chi connectivity index (χ2n) is 16.9. The molecule has 1 N–H and O–H groups in total. The normalized spacial score (nSPS) is 24.4. The molecule has 56 heavy (non-hydrogen) atoms. The average molecular weight is 764 g/mol. The molecule has 4 atom stereocenters. The fourth-order valence-electron chi connectivity index (χ4n) is 10.3. The lowest BCUT2D eigenvalue weighted by atomic mass is 9.91. The average Bonchev–Trinajstić information content (AvgIpc) is 3.41. The van der Waals surface area contributed by atoms with Crippen LogP contribution in [0.4, 0.5) is 14.6 Å². The lowest BCUT2D eigenvalue weighted by Crippen LogP contribution is -2.54. The van der Waals surface area contributed by atoms with Gasteiger partial charge in [-0.1, -0.05) is 12.0 Å². The van der Waals surface area contributed by atoms with Crippen molar-refractivity contribution in [1.82, 2.24) is 29.5 Å². The summed E-state index contributed by atoms with van der Waals surface area (Å²) in [4.78, 5) is 17.5. The minimum absolute atomic E-state index is 0.00196. The molecule has 5 fully saturated rings. The molecule has 1 aliphatic carbocycles. The van der Waals surface area contributed by atoms with Gasteiger partial charge in [0.15, 0.2) is 5.82 Å². The van der Waals surface area contributed by atoms with E-state index in [1.54, 1.807) is 18.8 Å². The first-order valence-corrected chi connectivity index (χ1v) is 19.9. The summed E-state index contributed by atoms with van der Waals surface area (Å²) >= 11 is 0. The van der Waals surface area contributed by atoms with Crippen molar-refractivity contribution in [2.24, 2.45) is 24.3 Å². The van der Waals surface area contributed by atoms with Crippen LogP contribution in [0.1, 0.15) is 37.7 Å². The number of anilines is 1. The first-order valence-electron chi connectivity index (χ1n) is 19.9. The molecule has 6 heterocycles. The third kappa shape index (κ3) is 6.04. The van der Waals surface area contributed by atoms with Crippen molar-refractivity contribution in [3.63, 3.8) is 0 Å². The van der Waals surface area contributed by atoms with E-state index in [0.717, 1.165) is 84.6 Å². The number of benzene rings is 3. The van der Waals surface area contributed by atoms with Crippen molar-refractivity contribution in [3.05, 3.63) is 47.7 Å². The number of aromatic hydroxyl groups is 1. The van der Waals surface area contributed by atoms with Crippen LogP contribution in [0.25, 0.3) is 43.7 Å². The van der Waals surface area contributed by atoms with Gasteiger partial charge in [-0.3, -0.25) is 9.58 Å². The number of hydrogen-bond donors (Lipinski definition) is 1. The molecular weight excluding hydrogens is 717 g/mol. The molecule has 4 unspecified atom stereocenters. The van der Waals surface area contributed by atoms with Crippen LogP contribution in [-0.2, 0) is 16.5 Å². The minimum Gasteiger partial charge on any atom is -0.508 e. The number of fused-ring (bicyclic) bond motifs is 7. The van der Waals surface area contributed by atoms with Crippen molar-refractivity contribution < 1.29 is 28.1 Å². The molecule has 11 nitrogen and oxygen atoms in total. The van der Waals surface area contributed by atoms with Gasteiger partial charge in [0.1, 0.15) is 28.4 Å². The van der Waals surface area contributed by atoms with Gasteiger partial charge < -0.3 is 29.1 Å². The second kappa shape index (κ2) is 13.8. The quantitative estimate of drug-likeness (QED) is 0.133. The van der Waals surface area contributed by atoms with Gasteiger partial charge in [0, 0.05) is 112 Å². The van der Waals surface area contributed by atoms with Crippen LogP contribution in [0.3, 0.4) is 0 Å². The molecule has 2 aromatic heterocycles. The molecule has 0 radical (unpaired) electrons. The molecule has 5 aliphatic rings. The topological polar surface area (TPSA) is 101 Å². The molecule has 292 valence electrons. The van der Waals surface area contributed by atoms with Gasteiger partial charge in [0.05, 0.1) is 30.8 Å². The van der Waals surface area contributed by atoms with Crippen LogP contribution in [0.2, 0.25) is 0 Å². The Morgan fingerprint density at radius 3 is 2.48 bits per heavy atom. The van der Waals surface area contributed by atoms with Gasteiger partial charge in [0.25, 0.3) is 0 Å². The molecule has 4 aliphatic heterocycles. The Labute approximate surface area is 324 Å². The molecule has 13 heteroatoms.